The molecule has 0 N–H and O–H groups in total. The minimum absolute atomic E-state index is 0.236. The Labute approximate surface area is 106 Å². The number of hydrogen-bond acceptors (Lipinski definition) is 4. The van der Waals surface area contributed by atoms with E-state index in [1.807, 2.05) is 24.3 Å². The van der Waals surface area contributed by atoms with Gasteiger partial charge in [-0.1, -0.05) is 12.1 Å². The van der Waals surface area contributed by atoms with Crippen molar-refractivity contribution < 1.29 is 14.3 Å². The predicted octanol–water partition coefficient (Wildman–Crippen LogP) is 2.37. The SMILES string of the molecule is COc1ccc(C2(N=C=O)CCC(=O)CC2)cc1. The molecule has 0 saturated heterocycles. The van der Waals surface area contributed by atoms with Crippen LogP contribution in [0.1, 0.15) is 31.2 Å². The number of aliphatic imine (C=N–C) groups is 1. The van der Waals surface area contributed by atoms with Crippen molar-refractivity contribution in [3.63, 3.8) is 0 Å². The van der Waals surface area contributed by atoms with Gasteiger partial charge in [-0.05, 0) is 30.5 Å². The third-order valence-electron chi connectivity index (χ3n) is 3.52. The maximum Gasteiger partial charge on any atom is 0.235 e. The van der Waals surface area contributed by atoms with Gasteiger partial charge in [-0.15, -0.1) is 0 Å². The Morgan fingerprint density at radius 1 is 1.22 bits per heavy atom. The summed E-state index contributed by atoms with van der Waals surface area (Å²) in [6.45, 7) is 0. The fraction of sp³-hybridized carbons (Fsp3) is 0.429. The zero-order valence-corrected chi connectivity index (χ0v) is 10.3. The number of Topliss-reactive ketones (excluding diaryl/α,β-unsaturated/α-hetero) is 1. The van der Waals surface area contributed by atoms with Gasteiger partial charge < -0.3 is 4.74 Å². The van der Waals surface area contributed by atoms with Crippen LogP contribution in [0, 0.1) is 0 Å². The van der Waals surface area contributed by atoms with Crippen molar-refractivity contribution in [3.05, 3.63) is 29.8 Å². The van der Waals surface area contributed by atoms with E-state index in [4.69, 9.17) is 4.74 Å². The van der Waals surface area contributed by atoms with Crippen molar-refractivity contribution in [3.8, 4) is 5.75 Å². The van der Waals surface area contributed by atoms with Crippen molar-refractivity contribution >= 4 is 11.9 Å². The molecular formula is C14H15NO3. The van der Waals surface area contributed by atoms with Gasteiger partial charge in [0.1, 0.15) is 11.5 Å². The number of carbonyl (C=O) groups is 1. The number of carbonyl (C=O) groups excluding carboxylic acids is 2. The summed E-state index contributed by atoms with van der Waals surface area (Å²) >= 11 is 0. The molecule has 0 aliphatic heterocycles. The Balaban J connectivity index is 2.34. The van der Waals surface area contributed by atoms with Crippen molar-refractivity contribution in [2.45, 2.75) is 31.2 Å². The van der Waals surface area contributed by atoms with E-state index in [2.05, 4.69) is 4.99 Å². The summed E-state index contributed by atoms with van der Waals surface area (Å²) in [5, 5.41) is 0. The molecule has 0 spiro atoms. The molecule has 0 atom stereocenters. The Morgan fingerprint density at radius 3 is 2.33 bits per heavy atom. The molecule has 0 radical (unpaired) electrons. The first-order valence-corrected chi connectivity index (χ1v) is 5.95. The molecule has 0 amide bonds. The summed E-state index contributed by atoms with van der Waals surface area (Å²) in [5.74, 6) is 0.996. The second-order valence-corrected chi connectivity index (χ2v) is 4.50. The molecule has 1 aliphatic rings. The maximum atomic E-state index is 11.3. The van der Waals surface area contributed by atoms with Crippen LogP contribution < -0.4 is 4.74 Å². The molecule has 4 nitrogen and oxygen atoms in total. The number of rotatable bonds is 3. The summed E-state index contributed by atoms with van der Waals surface area (Å²) in [6.07, 6.45) is 3.75. The number of nitrogens with zero attached hydrogens (tertiary/aromatic N) is 1. The van der Waals surface area contributed by atoms with Crippen LogP contribution in [0.3, 0.4) is 0 Å². The van der Waals surface area contributed by atoms with Gasteiger partial charge in [0.15, 0.2) is 0 Å². The van der Waals surface area contributed by atoms with E-state index in [1.54, 1.807) is 13.2 Å². The van der Waals surface area contributed by atoms with Gasteiger partial charge in [-0.3, -0.25) is 4.79 Å². The van der Waals surface area contributed by atoms with E-state index in [9.17, 15) is 9.59 Å². The van der Waals surface area contributed by atoms with E-state index < -0.39 is 5.54 Å². The quantitative estimate of drug-likeness (QED) is 0.606. The normalized spacial score (nSPS) is 17.9. The minimum atomic E-state index is -0.581. The fourth-order valence-corrected chi connectivity index (χ4v) is 2.40. The minimum Gasteiger partial charge on any atom is -0.497 e. The molecule has 1 saturated carbocycles. The van der Waals surface area contributed by atoms with Crippen LogP contribution in [-0.2, 0) is 15.1 Å². The second kappa shape index (κ2) is 5.15. The monoisotopic (exact) mass is 245 g/mol. The molecule has 0 heterocycles. The van der Waals surface area contributed by atoms with Crippen LogP contribution in [0.2, 0.25) is 0 Å². The van der Waals surface area contributed by atoms with Gasteiger partial charge >= 0.3 is 0 Å². The first-order chi connectivity index (χ1) is 8.70. The molecule has 18 heavy (non-hydrogen) atoms. The number of hydrogen-bond donors (Lipinski definition) is 0. The molecule has 0 aromatic heterocycles. The summed E-state index contributed by atoms with van der Waals surface area (Å²) < 4.78 is 5.10. The molecule has 2 rings (SSSR count). The number of benzene rings is 1. The van der Waals surface area contributed by atoms with E-state index in [0.717, 1.165) is 11.3 Å². The average molecular weight is 245 g/mol. The summed E-state index contributed by atoms with van der Waals surface area (Å²) in [6, 6.07) is 7.48. The Kier molecular flexibility index (Phi) is 3.58. The number of isocyanates is 1. The van der Waals surface area contributed by atoms with E-state index in [0.29, 0.717) is 25.7 Å². The van der Waals surface area contributed by atoms with Gasteiger partial charge in [-0.2, -0.15) is 4.99 Å². The largest absolute Gasteiger partial charge is 0.497 e. The standard InChI is InChI=1S/C14H15NO3/c1-18-13-4-2-11(3-5-13)14(15-10-16)8-6-12(17)7-9-14/h2-5H,6-9H2,1H3. The van der Waals surface area contributed by atoms with Crippen LogP contribution >= 0.6 is 0 Å². The van der Waals surface area contributed by atoms with E-state index in [-0.39, 0.29) is 5.78 Å². The molecule has 94 valence electrons. The first-order valence-electron chi connectivity index (χ1n) is 5.95. The molecule has 1 aromatic rings. The second-order valence-electron chi connectivity index (χ2n) is 4.50. The zero-order chi connectivity index (χ0) is 13.0. The highest BCUT2D eigenvalue weighted by molar-refractivity contribution is 5.79. The van der Waals surface area contributed by atoms with Crippen molar-refractivity contribution in [2.75, 3.05) is 7.11 Å². The lowest BCUT2D eigenvalue weighted by molar-refractivity contribution is -0.121. The lowest BCUT2D eigenvalue weighted by Gasteiger charge is -2.32. The van der Waals surface area contributed by atoms with Crippen molar-refractivity contribution in [2.24, 2.45) is 4.99 Å². The number of ether oxygens (including phenoxy) is 1. The summed E-state index contributed by atoms with van der Waals surface area (Å²) in [5.41, 5.74) is 0.362. The van der Waals surface area contributed by atoms with Crippen molar-refractivity contribution in [1.82, 2.24) is 0 Å². The van der Waals surface area contributed by atoms with Gasteiger partial charge in [0, 0.05) is 12.8 Å². The van der Waals surface area contributed by atoms with Crippen LogP contribution in [0.15, 0.2) is 29.3 Å². The molecule has 0 bridgehead atoms. The molecule has 1 fully saturated rings. The first kappa shape index (κ1) is 12.5. The number of ketones is 1. The zero-order valence-electron chi connectivity index (χ0n) is 10.3. The Morgan fingerprint density at radius 2 is 1.83 bits per heavy atom. The topological polar surface area (TPSA) is 55.7 Å². The van der Waals surface area contributed by atoms with Gasteiger partial charge in [0.2, 0.25) is 6.08 Å². The third kappa shape index (κ3) is 2.34. The van der Waals surface area contributed by atoms with Gasteiger partial charge in [0.25, 0.3) is 0 Å². The van der Waals surface area contributed by atoms with Crippen LogP contribution in [0.5, 0.6) is 5.75 Å². The lowest BCUT2D eigenvalue weighted by atomic mass is 9.76. The van der Waals surface area contributed by atoms with Gasteiger partial charge in [0.05, 0.1) is 12.6 Å². The van der Waals surface area contributed by atoms with Gasteiger partial charge in [-0.25, -0.2) is 4.79 Å². The predicted molar refractivity (Wildman–Crippen MR) is 66.3 cm³/mol. The van der Waals surface area contributed by atoms with E-state index >= 15 is 0 Å². The summed E-state index contributed by atoms with van der Waals surface area (Å²) in [7, 11) is 1.60. The molecule has 0 unspecified atom stereocenters. The molecular weight excluding hydrogens is 230 g/mol. The van der Waals surface area contributed by atoms with E-state index in [1.165, 1.54) is 0 Å². The maximum absolute atomic E-state index is 11.3. The van der Waals surface area contributed by atoms with Crippen LogP contribution in [0.25, 0.3) is 0 Å². The molecule has 1 aromatic carbocycles. The Bertz CT molecular complexity index is 476. The van der Waals surface area contributed by atoms with Crippen LogP contribution in [-0.4, -0.2) is 19.0 Å². The average Bonchev–Trinajstić information content (AvgIpc) is 2.42. The highest BCUT2D eigenvalue weighted by Gasteiger charge is 2.36. The highest BCUT2D eigenvalue weighted by Crippen LogP contribution is 2.39. The fourth-order valence-electron chi connectivity index (χ4n) is 2.40. The summed E-state index contributed by atoms with van der Waals surface area (Å²) in [4.78, 5) is 26.0. The third-order valence-corrected chi connectivity index (χ3v) is 3.52. The molecule has 1 aliphatic carbocycles. The lowest BCUT2D eigenvalue weighted by Crippen LogP contribution is -2.30. The number of methoxy groups -OCH3 is 1. The smallest absolute Gasteiger partial charge is 0.235 e. The van der Waals surface area contributed by atoms with Crippen LogP contribution in [0.4, 0.5) is 0 Å². The Hall–Kier alpha value is -1.93. The highest BCUT2D eigenvalue weighted by atomic mass is 16.5. The van der Waals surface area contributed by atoms with Crippen molar-refractivity contribution in [1.29, 1.82) is 0 Å². The molecule has 4 heteroatoms.